The van der Waals surface area contributed by atoms with Crippen molar-refractivity contribution in [1.29, 1.82) is 5.26 Å². The lowest BCUT2D eigenvalue weighted by Gasteiger charge is -2.41. The molecule has 4 rings (SSSR count). The Balaban J connectivity index is 1.54. The van der Waals surface area contributed by atoms with Gasteiger partial charge >= 0.3 is 0 Å². The Bertz CT molecular complexity index is 769. The highest BCUT2D eigenvalue weighted by atomic mass is 35.5. The first kappa shape index (κ1) is 18.6. The summed E-state index contributed by atoms with van der Waals surface area (Å²) in [6, 6.07) is 7.87. The summed E-state index contributed by atoms with van der Waals surface area (Å²) in [5.74, 6) is 0.272. The Morgan fingerprint density at radius 1 is 1.19 bits per heavy atom. The molecule has 2 heterocycles. The van der Waals surface area contributed by atoms with E-state index < -0.39 is 0 Å². The van der Waals surface area contributed by atoms with Crippen LogP contribution in [0.1, 0.15) is 50.5 Å². The summed E-state index contributed by atoms with van der Waals surface area (Å²) in [5, 5.41) is 19.8. The lowest BCUT2D eigenvalue weighted by Crippen LogP contribution is -2.50. The van der Waals surface area contributed by atoms with Crippen LogP contribution in [0.2, 0.25) is 5.02 Å². The molecule has 27 heavy (non-hydrogen) atoms. The third-order valence-electron chi connectivity index (χ3n) is 6.65. The molecule has 1 N–H and O–H groups in total. The molecule has 144 valence electrons. The number of aliphatic hydroxyl groups is 1. The van der Waals surface area contributed by atoms with Gasteiger partial charge in [-0.15, -0.1) is 0 Å². The first-order chi connectivity index (χ1) is 13.0. The molecule has 3 aliphatic rings. The summed E-state index contributed by atoms with van der Waals surface area (Å²) in [7, 11) is 0. The number of halogens is 1. The number of carbonyl (C=O) groups is 1. The number of aliphatic hydroxyl groups excluding tert-OH is 1. The zero-order valence-electron chi connectivity index (χ0n) is 15.5. The molecule has 1 spiro atoms. The number of hydrogen-bond acceptors (Lipinski definition) is 4. The number of piperidine rings is 1. The third-order valence-corrected chi connectivity index (χ3v) is 6.89. The first-order valence-electron chi connectivity index (χ1n) is 9.96. The molecule has 0 unspecified atom stereocenters. The molecule has 1 aromatic rings. The van der Waals surface area contributed by atoms with Gasteiger partial charge in [-0.25, -0.2) is 0 Å². The first-order valence-corrected chi connectivity index (χ1v) is 10.3. The quantitative estimate of drug-likeness (QED) is 0.845. The number of carbonyl (C=O) groups excluding carboxylic acids is 1. The van der Waals surface area contributed by atoms with Gasteiger partial charge in [0, 0.05) is 30.7 Å². The van der Waals surface area contributed by atoms with Gasteiger partial charge in [0.15, 0.2) is 0 Å². The summed E-state index contributed by atoms with van der Waals surface area (Å²) >= 11 is 6.18. The van der Waals surface area contributed by atoms with Crippen LogP contribution in [0.4, 0.5) is 5.69 Å². The number of hydrogen-bond donors (Lipinski definition) is 1. The number of nitrogens with zero attached hydrogens (tertiary/aromatic N) is 3. The molecular formula is C21H26ClN3O2. The van der Waals surface area contributed by atoms with Crippen LogP contribution in [0.5, 0.6) is 0 Å². The largest absolute Gasteiger partial charge is 0.393 e. The minimum atomic E-state index is -0.344. The number of anilines is 1. The molecule has 6 heteroatoms. The van der Waals surface area contributed by atoms with E-state index in [9.17, 15) is 15.2 Å². The second-order valence-corrected chi connectivity index (χ2v) is 8.73. The van der Waals surface area contributed by atoms with Gasteiger partial charge in [-0.05, 0) is 63.1 Å². The Labute approximate surface area is 165 Å². The summed E-state index contributed by atoms with van der Waals surface area (Å²) in [5.41, 5.74) is 1.11. The van der Waals surface area contributed by atoms with E-state index in [1.807, 2.05) is 6.07 Å². The van der Waals surface area contributed by atoms with E-state index >= 15 is 0 Å². The number of likely N-dealkylation sites (tertiary alicyclic amines) is 1. The molecule has 3 fully saturated rings. The van der Waals surface area contributed by atoms with Crippen molar-refractivity contribution in [3.8, 4) is 6.07 Å². The lowest BCUT2D eigenvalue weighted by molar-refractivity contribution is -0.139. The fourth-order valence-corrected chi connectivity index (χ4v) is 5.31. The minimum absolute atomic E-state index is 0.203. The van der Waals surface area contributed by atoms with Crippen molar-refractivity contribution in [2.45, 2.75) is 57.1 Å². The molecule has 1 saturated carbocycles. The molecule has 1 atom stereocenters. The van der Waals surface area contributed by atoms with Gasteiger partial charge in [-0.1, -0.05) is 11.6 Å². The molecule has 0 aromatic heterocycles. The maximum Gasteiger partial charge on any atom is 0.230 e. The van der Waals surface area contributed by atoms with Crippen molar-refractivity contribution in [1.82, 2.24) is 4.90 Å². The standard InChI is InChI=1S/C21H26ClN3O2/c22-16-3-2-15(13-23)19(12-16)24-10-1-8-21(14-24)9-11-25(20(21)27)17-4-6-18(26)7-5-17/h2-3,12,17-18,26H,1,4-11,14H2/t17-,18+,21-/m0/s1. The molecule has 0 bridgehead atoms. The summed E-state index contributed by atoms with van der Waals surface area (Å²) < 4.78 is 0. The normalized spacial score (nSPS) is 31.4. The van der Waals surface area contributed by atoms with E-state index in [1.54, 1.807) is 12.1 Å². The Morgan fingerprint density at radius 2 is 1.96 bits per heavy atom. The van der Waals surface area contributed by atoms with E-state index in [-0.39, 0.29) is 23.5 Å². The number of benzene rings is 1. The monoisotopic (exact) mass is 387 g/mol. The second kappa shape index (κ2) is 7.33. The van der Waals surface area contributed by atoms with E-state index in [0.29, 0.717) is 17.1 Å². The van der Waals surface area contributed by atoms with Crippen LogP contribution in [0.3, 0.4) is 0 Å². The molecule has 0 radical (unpaired) electrons. The molecule has 5 nitrogen and oxygen atoms in total. The van der Waals surface area contributed by atoms with Gasteiger partial charge in [-0.2, -0.15) is 5.26 Å². The van der Waals surface area contributed by atoms with Gasteiger partial charge in [0.2, 0.25) is 5.91 Å². The Hall–Kier alpha value is -1.77. The van der Waals surface area contributed by atoms with Gasteiger partial charge in [0.1, 0.15) is 6.07 Å². The van der Waals surface area contributed by atoms with Crippen LogP contribution < -0.4 is 4.90 Å². The fraction of sp³-hybridized carbons (Fsp3) is 0.619. The maximum atomic E-state index is 13.4. The van der Waals surface area contributed by atoms with Gasteiger partial charge in [0.25, 0.3) is 0 Å². The van der Waals surface area contributed by atoms with E-state index in [4.69, 9.17) is 11.6 Å². The summed E-state index contributed by atoms with van der Waals surface area (Å²) in [6.07, 6.45) is 5.92. The highest BCUT2D eigenvalue weighted by Crippen LogP contribution is 2.44. The van der Waals surface area contributed by atoms with Crippen LogP contribution in [-0.4, -0.2) is 47.7 Å². The zero-order valence-corrected chi connectivity index (χ0v) is 16.3. The van der Waals surface area contributed by atoms with Gasteiger partial charge < -0.3 is 14.9 Å². The van der Waals surface area contributed by atoms with Crippen LogP contribution in [0.15, 0.2) is 18.2 Å². The number of amides is 1. The average molecular weight is 388 g/mol. The number of nitriles is 1. The molecule has 2 saturated heterocycles. The van der Waals surface area contributed by atoms with Crippen molar-refractivity contribution < 1.29 is 9.90 Å². The van der Waals surface area contributed by atoms with Crippen LogP contribution in [-0.2, 0) is 4.79 Å². The van der Waals surface area contributed by atoms with Crippen molar-refractivity contribution in [3.63, 3.8) is 0 Å². The predicted molar refractivity (Wildman–Crippen MR) is 105 cm³/mol. The van der Waals surface area contributed by atoms with Crippen molar-refractivity contribution in [2.75, 3.05) is 24.5 Å². The van der Waals surface area contributed by atoms with Gasteiger partial charge in [-0.3, -0.25) is 4.79 Å². The minimum Gasteiger partial charge on any atom is -0.393 e. The molecule has 1 aromatic carbocycles. The van der Waals surface area contributed by atoms with Crippen molar-refractivity contribution >= 4 is 23.2 Å². The van der Waals surface area contributed by atoms with E-state index in [0.717, 1.165) is 63.7 Å². The lowest BCUT2D eigenvalue weighted by atomic mass is 9.78. The number of rotatable bonds is 2. The van der Waals surface area contributed by atoms with Crippen LogP contribution in [0, 0.1) is 16.7 Å². The third kappa shape index (κ3) is 3.41. The average Bonchev–Trinajstić information content (AvgIpc) is 2.98. The predicted octanol–water partition coefficient (Wildman–Crippen LogP) is 3.33. The molecular weight excluding hydrogens is 362 g/mol. The zero-order chi connectivity index (χ0) is 19.0. The van der Waals surface area contributed by atoms with Crippen LogP contribution in [0.25, 0.3) is 0 Å². The summed E-state index contributed by atoms with van der Waals surface area (Å²) in [4.78, 5) is 17.7. The van der Waals surface area contributed by atoms with E-state index in [1.165, 1.54) is 0 Å². The smallest absolute Gasteiger partial charge is 0.230 e. The Kier molecular flexibility index (Phi) is 5.05. The Morgan fingerprint density at radius 3 is 2.70 bits per heavy atom. The van der Waals surface area contributed by atoms with Crippen molar-refractivity contribution in [3.05, 3.63) is 28.8 Å². The SMILES string of the molecule is N#Cc1ccc(Cl)cc1N1CCC[C@]2(CCN([C@H]3CC[C@@H](O)CC3)C2=O)C1. The van der Waals surface area contributed by atoms with Crippen molar-refractivity contribution in [2.24, 2.45) is 5.41 Å². The second-order valence-electron chi connectivity index (χ2n) is 8.29. The molecule has 1 aliphatic carbocycles. The van der Waals surface area contributed by atoms with Crippen LogP contribution >= 0.6 is 11.6 Å². The van der Waals surface area contributed by atoms with Gasteiger partial charge in [0.05, 0.1) is 22.8 Å². The summed E-state index contributed by atoms with van der Waals surface area (Å²) in [6.45, 7) is 2.32. The fourth-order valence-electron chi connectivity index (χ4n) is 5.14. The maximum absolute atomic E-state index is 13.4. The topological polar surface area (TPSA) is 67.6 Å². The van der Waals surface area contributed by atoms with E-state index in [2.05, 4.69) is 15.9 Å². The highest BCUT2D eigenvalue weighted by molar-refractivity contribution is 6.30. The molecule has 2 aliphatic heterocycles. The molecule has 1 amide bonds. The highest BCUT2D eigenvalue weighted by Gasteiger charge is 2.50.